The molecule has 8 heteroatoms. The Hall–Kier alpha value is -3.29. The molecule has 2 rings (SSSR count). The molecular weight excluding hydrogens is 360 g/mol. The van der Waals surface area contributed by atoms with Gasteiger partial charge in [-0.1, -0.05) is 12.1 Å². The lowest BCUT2D eigenvalue weighted by molar-refractivity contribution is -0.155. The van der Waals surface area contributed by atoms with Crippen molar-refractivity contribution in [1.29, 1.82) is 0 Å². The predicted molar refractivity (Wildman–Crippen MR) is 92.5 cm³/mol. The number of ether oxygens (including phenoxy) is 2. The summed E-state index contributed by atoms with van der Waals surface area (Å²) in [5.74, 6) is -3.52. The van der Waals surface area contributed by atoms with Crippen molar-refractivity contribution in [3.8, 4) is 5.75 Å². The fraction of sp³-hybridized carbons (Fsp3) is 0.211. The first-order valence-electron chi connectivity index (χ1n) is 7.95. The number of rotatable bonds is 7. The molecule has 0 saturated heterocycles. The van der Waals surface area contributed by atoms with Crippen molar-refractivity contribution in [3.05, 3.63) is 59.7 Å². The van der Waals surface area contributed by atoms with Crippen molar-refractivity contribution in [2.45, 2.75) is 20.0 Å². The first kappa shape index (κ1) is 20.0. The average molecular weight is 377 g/mol. The Morgan fingerprint density at radius 3 is 2.48 bits per heavy atom. The first-order chi connectivity index (χ1) is 12.8. The maximum absolute atomic E-state index is 13.1. The number of halogens is 2. The fourth-order valence-corrected chi connectivity index (χ4v) is 2.05. The molecule has 0 heterocycles. The van der Waals surface area contributed by atoms with E-state index in [1.807, 2.05) is 0 Å². The van der Waals surface area contributed by atoms with Gasteiger partial charge in [0.2, 0.25) is 0 Å². The molecule has 0 radical (unpaired) electrons. The highest BCUT2D eigenvalue weighted by atomic mass is 19.2. The van der Waals surface area contributed by atoms with Gasteiger partial charge in [-0.15, -0.1) is 0 Å². The number of Topliss-reactive ketones (excluding diaryl/α,β-unsaturated/α-hetero) is 1. The van der Waals surface area contributed by atoms with Crippen LogP contribution in [0.15, 0.2) is 42.5 Å². The molecule has 0 aromatic heterocycles. The summed E-state index contributed by atoms with van der Waals surface area (Å²) in [6.45, 7) is 2.26. The van der Waals surface area contributed by atoms with Gasteiger partial charge in [-0.2, -0.15) is 0 Å². The van der Waals surface area contributed by atoms with E-state index in [1.54, 1.807) is 18.2 Å². The number of esters is 1. The quantitative estimate of drug-likeness (QED) is 0.592. The molecule has 1 atom stereocenters. The Labute approximate surface area is 154 Å². The summed E-state index contributed by atoms with van der Waals surface area (Å²) in [6.07, 6.45) is -1.18. The normalized spacial score (nSPS) is 11.4. The molecule has 1 amide bonds. The van der Waals surface area contributed by atoms with Gasteiger partial charge in [-0.3, -0.25) is 9.59 Å². The molecule has 0 aliphatic carbocycles. The topological polar surface area (TPSA) is 81.7 Å². The van der Waals surface area contributed by atoms with Crippen LogP contribution in [-0.2, 0) is 14.3 Å². The molecule has 2 aromatic rings. The largest absolute Gasteiger partial charge is 0.482 e. The van der Waals surface area contributed by atoms with Crippen molar-refractivity contribution < 1.29 is 32.6 Å². The van der Waals surface area contributed by atoms with Crippen LogP contribution >= 0.6 is 0 Å². The van der Waals surface area contributed by atoms with Crippen molar-refractivity contribution >= 4 is 23.3 Å². The van der Waals surface area contributed by atoms with Crippen molar-refractivity contribution in [2.75, 3.05) is 11.9 Å². The van der Waals surface area contributed by atoms with Crippen LogP contribution in [0.25, 0.3) is 0 Å². The van der Waals surface area contributed by atoms with Crippen LogP contribution in [0.4, 0.5) is 14.5 Å². The highest BCUT2D eigenvalue weighted by Crippen LogP contribution is 2.15. The zero-order valence-electron chi connectivity index (χ0n) is 14.6. The number of anilines is 1. The van der Waals surface area contributed by atoms with Gasteiger partial charge in [-0.25, -0.2) is 13.6 Å². The highest BCUT2D eigenvalue weighted by molar-refractivity contribution is 5.95. The van der Waals surface area contributed by atoms with Crippen LogP contribution in [0.2, 0.25) is 0 Å². The first-order valence-corrected chi connectivity index (χ1v) is 7.95. The molecule has 0 unspecified atom stereocenters. The maximum Gasteiger partial charge on any atom is 0.344 e. The molecule has 0 aliphatic rings. The van der Waals surface area contributed by atoms with Crippen molar-refractivity contribution in [1.82, 2.24) is 0 Å². The molecule has 1 N–H and O–H groups in total. The lowest BCUT2D eigenvalue weighted by Crippen LogP contribution is -2.31. The van der Waals surface area contributed by atoms with Crippen molar-refractivity contribution in [2.24, 2.45) is 0 Å². The number of nitrogens with one attached hydrogen (secondary N) is 1. The molecule has 0 spiro atoms. The lowest BCUT2D eigenvalue weighted by Gasteiger charge is -2.14. The zero-order chi connectivity index (χ0) is 20.0. The number of benzene rings is 2. The predicted octanol–water partition coefficient (Wildman–Crippen LogP) is 3.12. The van der Waals surface area contributed by atoms with Gasteiger partial charge in [0.25, 0.3) is 5.91 Å². The number of carbonyl (C=O) groups is 3. The van der Waals surface area contributed by atoms with Crippen LogP contribution in [0, 0.1) is 11.6 Å². The molecule has 142 valence electrons. The van der Waals surface area contributed by atoms with Gasteiger partial charge < -0.3 is 14.8 Å². The van der Waals surface area contributed by atoms with Gasteiger partial charge >= 0.3 is 5.97 Å². The smallest absolute Gasteiger partial charge is 0.344 e. The summed E-state index contributed by atoms with van der Waals surface area (Å²) < 4.78 is 36.2. The van der Waals surface area contributed by atoms with E-state index in [1.165, 1.54) is 26.0 Å². The Morgan fingerprint density at radius 2 is 1.81 bits per heavy atom. The molecule has 0 aliphatic heterocycles. The van der Waals surface area contributed by atoms with Crippen LogP contribution in [0.5, 0.6) is 5.75 Å². The van der Waals surface area contributed by atoms with E-state index in [0.29, 0.717) is 11.3 Å². The molecule has 2 aromatic carbocycles. The molecule has 0 saturated carbocycles. The molecule has 6 nitrogen and oxygen atoms in total. The van der Waals surface area contributed by atoms with E-state index in [0.717, 1.165) is 12.1 Å². The van der Waals surface area contributed by atoms with Crippen LogP contribution < -0.4 is 10.1 Å². The number of hydrogen-bond donors (Lipinski definition) is 1. The minimum Gasteiger partial charge on any atom is -0.482 e. The SMILES string of the molecule is CC(=O)c1cccc(OCC(=O)O[C@H](C)C(=O)Nc2ccc(F)c(F)c2)c1. The summed E-state index contributed by atoms with van der Waals surface area (Å²) in [7, 11) is 0. The second-order valence-corrected chi connectivity index (χ2v) is 5.62. The number of hydrogen-bond acceptors (Lipinski definition) is 5. The van der Waals surface area contributed by atoms with E-state index < -0.39 is 36.2 Å². The Kier molecular flexibility index (Phi) is 6.59. The molecule has 0 bridgehead atoms. The molecular formula is C19H17F2NO5. The third-order valence-corrected chi connectivity index (χ3v) is 3.46. The number of ketones is 1. The highest BCUT2D eigenvalue weighted by Gasteiger charge is 2.19. The van der Waals surface area contributed by atoms with E-state index in [2.05, 4.69) is 5.32 Å². The van der Waals surface area contributed by atoms with Gasteiger partial charge in [0.15, 0.2) is 30.1 Å². The second-order valence-electron chi connectivity index (χ2n) is 5.62. The van der Waals surface area contributed by atoms with Crippen molar-refractivity contribution in [3.63, 3.8) is 0 Å². The fourth-order valence-electron chi connectivity index (χ4n) is 2.05. The van der Waals surface area contributed by atoms with Crippen LogP contribution in [0.1, 0.15) is 24.2 Å². The van der Waals surface area contributed by atoms with E-state index in [9.17, 15) is 23.2 Å². The second kappa shape index (κ2) is 8.88. The van der Waals surface area contributed by atoms with Gasteiger partial charge in [-0.05, 0) is 38.1 Å². The minimum atomic E-state index is -1.18. The third-order valence-electron chi connectivity index (χ3n) is 3.46. The van der Waals surface area contributed by atoms with Gasteiger partial charge in [0.1, 0.15) is 5.75 Å². The number of amides is 1. The standard InChI is InChI=1S/C19H17F2NO5/c1-11(23)13-4-3-5-15(8-13)26-10-18(24)27-12(2)19(25)22-14-6-7-16(20)17(21)9-14/h3-9,12H,10H2,1-2H3,(H,22,25)/t12-/m1/s1. The summed E-state index contributed by atoms with van der Waals surface area (Å²) in [6, 6.07) is 9.12. The van der Waals surface area contributed by atoms with Crippen LogP contribution in [0.3, 0.4) is 0 Å². The third kappa shape index (κ3) is 5.88. The maximum atomic E-state index is 13.1. The van der Waals surface area contributed by atoms with E-state index in [4.69, 9.17) is 9.47 Å². The summed E-state index contributed by atoms with van der Waals surface area (Å²) in [5, 5.41) is 2.31. The Balaban J connectivity index is 1.85. The minimum absolute atomic E-state index is 0.0269. The zero-order valence-corrected chi connectivity index (χ0v) is 14.6. The van der Waals surface area contributed by atoms with E-state index in [-0.39, 0.29) is 11.5 Å². The van der Waals surface area contributed by atoms with Crippen LogP contribution in [-0.4, -0.2) is 30.4 Å². The number of carbonyl (C=O) groups excluding carboxylic acids is 3. The van der Waals surface area contributed by atoms with E-state index >= 15 is 0 Å². The lowest BCUT2D eigenvalue weighted by atomic mass is 10.1. The Bertz CT molecular complexity index is 869. The van der Waals surface area contributed by atoms with Gasteiger partial charge in [0, 0.05) is 17.3 Å². The molecule has 0 fully saturated rings. The average Bonchev–Trinajstić information content (AvgIpc) is 2.63. The molecule has 27 heavy (non-hydrogen) atoms. The summed E-state index contributed by atoms with van der Waals surface area (Å²) in [4.78, 5) is 35.1. The Morgan fingerprint density at radius 1 is 1.07 bits per heavy atom. The van der Waals surface area contributed by atoms with Gasteiger partial charge in [0.05, 0.1) is 0 Å². The monoisotopic (exact) mass is 377 g/mol. The summed E-state index contributed by atoms with van der Waals surface area (Å²) in [5.41, 5.74) is 0.458. The summed E-state index contributed by atoms with van der Waals surface area (Å²) >= 11 is 0.